The summed E-state index contributed by atoms with van der Waals surface area (Å²) < 4.78 is 9.24. The molecule has 47 heavy (non-hydrogen) atoms. The highest BCUT2D eigenvalue weighted by Gasteiger charge is 2.44. The van der Waals surface area contributed by atoms with Crippen molar-refractivity contribution >= 4 is 41.0 Å². The van der Waals surface area contributed by atoms with E-state index in [-0.39, 0.29) is 12.0 Å². The maximum atomic E-state index is 6.69. The van der Waals surface area contributed by atoms with Gasteiger partial charge in [-0.3, -0.25) is 0 Å². The molecule has 5 heteroatoms. The highest BCUT2D eigenvalue weighted by atomic mass is 28.3. The first-order chi connectivity index (χ1) is 22.5. The lowest BCUT2D eigenvalue weighted by Gasteiger charge is -2.32. The van der Waals surface area contributed by atoms with Crippen LogP contribution in [0.4, 0.5) is 0 Å². The van der Waals surface area contributed by atoms with Crippen molar-refractivity contribution in [3.63, 3.8) is 0 Å². The maximum absolute atomic E-state index is 6.69. The molecule has 5 aromatic rings. The predicted molar refractivity (Wildman–Crippen MR) is 200 cm³/mol. The SMILES string of the molecule is C=C1N=C(/C=C\CCC)c2c(cc(C)c3c2oc2nc(C)ccc23)CCC2c3ccccc3-c3cc(C(C)C)c([Si](C)(C)C)c[n+]3C12. The van der Waals surface area contributed by atoms with Gasteiger partial charge in [-0.05, 0) is 85.6 Å². The number of unbranched alkanes of at least 4 members (excludes halogenated alkanes) is 1. The maximum Gasteiger partial charge on any atom is 0.227 e. The molecule has 5 heterocycles. The fourth-order valence-corrected chi connectivity index (χ4v) is 9.75. The van der Waals surface area contributed by atoms with Crippen LogP contribution in [0.1, 0.15) is 91.4 Å². The van der Waals surface area contributed by atoms with Crippen LogP contribution in [0, 0.1) is 13.8 Å². The van der Waals surface area contributed by atoms with Gasteiger partial charge in [-0.2, -0.15) is 4.57 Å². The van der Waals surface area contributed by atoms with E-state index >= 15 is 0 Å². The fourth-order valence-electron chi connectivity index (χ4n) is 8.00. The van der Waals surface area contributed by atoms with Crippen LogP contribution in [0.25, 0.3) is 33.3 Å². The molecule has 2 aromatic carbocycles. The summed E-state index contributed by atoms with van der Waals surface area (Å²) in [5, 5.41) is 3.73. The van der Waals surface area contributed by atoms with Crippen molar-refractivity contribution in [2.24, 2.45) is 4.99 Å². The molecule has 3 aromatic heterocycles. The Labute approximate surface area is 281 Å². The molecule has 240 valence electrons. The van der Waals surface area contributed by atoms with E-state index in [4.69, 9.17) is 21.0 Å². The Morgan fingerprint density at radius 3 is 2.62 bits per heavy atom. The number of aryl methyl sites for hydroxylation is 3. The van der Waals surface area contributed by atoms with E-state index in [0.29, 0.717) is 11.6 Å². The Morgan fingerprint density at radius 2 is 1.87 bits per heavy atom. The number of hydrogen-bond acceptors (Lipinski definition) is 3. The molecule has 7 rings (SSSR count). The largest absolute Gasteiger partial charge is 0.437 e. The Morgan fingerprint density at radius 1 is 1.09 bits per heavy atom. The first-order valence-corrected chi connectivity index (χ1v) is 20.9. The smallest absolute Gasteiger partial charge is 0.227 e. The first-order valence-electron chi connectivity index (χ1n) is 17.4. The number of aromatic nitrogens is 2. The lowest BCUT2D eigenvalue weighted by Crippen LogP contribution is -2.54. The molecule has 0 saturated carbocycles. The molecule has 0 radical (unpaired) electrons. The number of rotatable bonds is 5. The van der Waals surface area contributed by atoms with Crippen molar-refractivity contribution in [3.05, 3.63) is 113 Å². The summed E-state index contributed by atoms with van der Waals surface area (Å²) in [6.45, 7) is 23.3. The summed E-state index contributed by atoms with van der Waals surface area (Å²) in [5.41, 5.74) is 13.5. The van der Waals surface area contributed by atoms with E-state index in [1.807, 2.05) is 6.92 Å². The molecule has 4 nitrogen and oxygen atoms in total. The number of benzene rings is 2. The molecule has 0 amide bonds. The standard InChI is InChI=1S/C42H48N3OSi/c1-10-11-12-17-35-39-29(22-26(4)38-33-20-18-27(5)43-42(33)46-41(38)39)19-21-32-30-15-13-14-16-31(30)36-23-34(25(2)3)37(47(7,8)9)24-45(36)40(32)28(6)44-35/h12-18,20,22-25,32,40H,6,10-11,19,21H2,1-5,7-9H3/q+1/b17-12-,44-35?. The van der Waals surface area contributed by atoms with E-state index in [1.165, 1.54) is 38.7 Å². The minimum Gasteiger partial charge on any atom is -0.437 e. The van der Waals surface area contributed by atoms with E-state index in [1.54, 1.807) is 0 Å². The van der Waals surface area contributed by atoms with Gasteiger partial charge in [0.1, 0.15) is 11.3 Å². The Bertz CT molecular complexity index is 2120. The molecule has 2 aliphatic heterocycles. The van der Waals surface area contributed by atoms with Gasteiger partial charge in [0.05, 0.1) is 19.7 Å². The zero-order valence-electron chi connectivity index (χ0n) is 29.4. The van der Waals surface area contributed by atoms with E-state index in [9.17, 15) is 0 Å². The van der Waals surface area contributed by atoms with Gasteiger partial charge < -0.3 is 4.42 Å². The van der Waals surface area contributed by atoms with Crippen molar-refractivity contribution in [2.45, 2.75) is 97.8 Å². The molecule has 0 spiro atoms. The van der Waals surface area contributed by atoms with Gasteiger partial charge >= 0.3 is 0 Å². The fraction of sp³-hybridized carbons (Fsp3) is 0.357. The zero-order valence-corrected chi connectivity index (χ0v) is 30.4. The van der Waals surface area contributed by atoms with Crippen LogP contribution in [-0.2, 0) is 6.42 Å². The quantitative estimate of drug-likeness (QED) is 0.142. The number of hydrogen-bond donors (Lipinski definition) is 0. The topological polar surface area (TPSA) is 42.3 Å². The van der Waals surface area contributed by atoms with Crippen LogP contribution < -0.4 is 9.75 Å². The number of nitrogens with zero attached hydrogens (tertiary/aromatic N) is 3. The van der Waals surface area contributed by atoms with Crippen molar-refractivity contribution in [2.75, 3.05) is 0 Å². The van der Waals surface area contributed by atoms with Gasteiger partial charge in [0, 0.05) is 38.8 Å². The summed E-state index contributed by atoms with van der Waals surface area (Å²) >= 11 is 0. The Balaban J connectivity index is 1.52. The lowest BCUT2D eigenvalue weighted by molar-refractivity contribution is -0.708. The van der Waals surface area contributed by atoms with Crippen LogP contribution in [0.2, 0.25) is 19.6 Å². The average Bonchev–Trinajstić information content (AvgIpc) is 3.42. The van der Waals surface area contributed by atoms with Gasteiger partial charge in [-0.1, -0.05) is 83.8 Å². The summed E-state index contributed by atoms with van der Waals surface area (Å²) in [5.74, 6) is 0.689. The van der Waals surface area contributed by atoms with Gasteiger partial charge in [-0.25, -0.2) is 9.98 Å². The highest BCUT2D eigenvalue weighted by molar-refractivity contribution is 6.89. The van der Waals surface area contributed by atoms with Crippen LogP contribution in [0.5, 0.6) is 0 Å². The monoisotopic (exact) mass is 638 g/mol. The summed E-state index contributed by atoms with van der Waals surface area (Å²) in [6, 6.07) is 18.2. The minimum atomic E-state index is -1.66. The third-order valence-corrected chi connectivity index (χ3v) is 12.3. The molecule has 0 N–H and O–H groups in total. The third kappa shape index (κ3) is 5.33. The second-order valence-corrected chi connectivity index (χ2v) is 20.1. The molecular formula is C42H48N3OSi+. The third-order valence-electron chi connectivity index (χ3n) is 10.2. The van der Waals surface area contributed by atoms with E-state index in [0.717, 1.165) is 64.7 Å². The van der Waals surface area contributed by atoms with Crippen LogP contribution in [0.3, 0.4) is 0 Å². The molecule has 0 aliphatic carbocycles. The van der Waals surface area contributed by atoms with Crippen LogP contribution in [0.15, 0.2) is 88.6 Å². The highest BCUT2D eigenvalue weighted by Crippen LogP contribution is 2.46. The summed E-state index contributed by atoms with van der Waals surface area (Å²) in [4.78, 5) is 10.3. The molecule has 2 atom stereocenters. The molecule has 2 aliphatic rings. The normalized spacial score (nSPS) is 18.1. The molecule has 0 saturated heterocycles. The van der Waals surface area contributed by atoms with E-state index < -0.39 is 8.07 Å². The molecular weight excluding hydrogens is 591 g/mol. The van der Waals surface area contributed by atoms with Gasteiger partial charge in [0.15, 0.2) is 6.20 Å². The second kappa shape index (κ2) is 11.9. The van der Waals surface area contributed by atoms with Crippen molar-refractivity contribution in [1.29, 1.82) is 0 Å². The first kappa shape index (κ1) is 31.5. The second-order valence-electron chi connectivity index (χ2n) is 15.0. The summed E-state index contributed by atoms with van der Waals surface area (Å²) in [7, 11) is -1.66. The van der Waals surface area contributed by atoms with Crippen molar-refractivity contribution in [3.8, 4) is 11.3 Å². The van der Waals surface area contributed by atoms with Crippen LogP contribution >= 0.6 is 0 Å². The zero-order chi connectivity index (χ0) is 33.2. The molecule has 0 fully saturated rings. The number of furan rings is 1. The number of pyridine rings is 2. The van der Waals surface area contributed by atoms with E-state index in [2.05, 4.69) is 119 Å². The van der Waals surface area contributed by atoms with Crippen LogP contribution in [-0.4, -0.2) is 18.8 Å². The minimum absolute atomic E-state index is 0.0108. The number of allylic oxidation sites excluding steroid dienone is 3. The molecule has 2 unspecified atom stereocenters. The number of aliphatic imine (C=N–C) groups is 1. The van der Waals surface area contributed by atoms with Gasteiger partial charge in [0.25, 0.3) is 0 Å². The van der Waals surface area contributed by atoms with Crippen molar-refractivity contribution in [1.82, 2.24) is 4.98 Å². The number of fused-ring (bicyclic) bond motifs is 11. The summed E-state index contributed by atoms with van der Waals surface area (Å²) in [6.07, 6.45) is 10.9. The Kier molecular flexibility index (Phi) is 7.95. The average molecular weight is 639 g/mol. The Hall–Kier alpha value is -4.09. The van der Waals surface area contributed by atoms with Gasteiger partial charge in [0.2, 0.25) is 17.4 Å². The molecule has 0 bridgehead atoms. The predicted octanol–water partition coefficient (Wildman–Crippen LogP) is 10.2. The van der Waals surface area contributed by atoms with Crippen molar-refractivity contribution < 1.29 is 8.98 Å². The van der Waals surface area contributed by atoms with Gasteiger partial charge in [-0.15, -0.1) is 0 Å². The lowest BCUT2D eigenvalue weighted by atomic mass is 9.78.